The predicted octanol–water partition coefficient (Wildman–Crippen LogP) is 4.83. The minimum atomic E-state index is -4.46. The van der Waals surface area contributed by atoms with E-state index in [2.05, 4.69) is 5.32 Å². The summed E-state index contributed by atoms with van der Waals surface area (Å²) in [7, 11) is -3.72. The van der Waals surface area contributed by atoms with E-state index in [1.807, 2.05) is 0 Å². The van der Waals surface area contributed by atoms with Crippen molar-refractivity contribution in [3.63, 3.8) is 0 Å². The van der Waals surface area contributed by atoms with E-state index < -0.39 is 27.7 Å². The zero-order valence-corrected chi connectivity index (χ0v) is 17.3. The summed E-state index contributed by atoms with van der Waals surface area (Å²) in [6, 6.07) is 8.44. The maximum Gasteiger partial charge on any atom is 0.416 e. The first-order valence-electron chi connectivity index (χ1n) is 9.68. The van der Waals surface area contributed by atoms with Crippen molar-refractivity contribution in [2.24, 2.45) is 0 Å². The summed E-state index contributed by atoms with van der Waals surface area (Å²) in [4.78, 5) is 12.7. The number of rotatable bonds is 4. The van der Waals surface area contributed by atoms with Crippen LogP contribution in [0.3, 0.4) is 0 Å². The van der Waals surface area contributed by atoms with Gasteiger partial charge in [0.05, 0.1) is 10.5 Å². The summed E-state index contributed by atoms with van der Waals surface area (Å²) in [5.41, 5.74) is 0.0930. The topological polar surface area (TPSA) is 66.5 Å². The van der Waals surface area contributed by atoms with Crippen LogP contribution >= 0.6 is 0 Å². The van der Waals surface area contributed by atoms with Crippen molar-refractivity contribution in [1.82, 2.24) is 4.31 Å². The van der Waals surface area contributed by atoms with Crippen LogP contribution in [0.1, 0.15) is 47.2 Å². The summed E-state index contributed by atoms with van der Waals surface area (Å²) < 4.78 is 65.5. The van der Waals surface area contributed by atoms with Crippen molar-refractivity contribution in [2.75, 3.05) is 18.4 Å². The van der Waals surface area contributed by atoms with Gasteiger partial charge < -0.3 is 5.32 Å². The number of nitrogens with zero attached hydrogens (tertiary/aromatic N) is 1. The molecule has 1 N–H and O–H groups in total. The van der Waals surface area contributed by atoms with Crippen LogP contribution in [0.5, 0.6) is 0 Å². The maximum atomic E-state index is 13.0. The fourth-order valence-corrected chi connectivity index (χ4v) is 4.92. The average molecular weight is 440 g/mol. The van der Waals surface area contributed by atoms with Gasteiger partial charge in [0.15, 0.2) is 0 Å². The van der Waals surface area contributed by atoms with Crippen molar-refractivity contribution >= 4 is 21.6 Å². The standard InChI is InChI=1S/C21H23F3N2O3S/c1-15-6-11-18(30(28,29)26-12-4-2-3-5-13-26)14-19(15)20(27)25-17-9-7-16(8-10-17)21(22,23)24/h6-11,14H,2-5,12-13H2,1H3,(H,25,27). The van der Waals surface area contributed by atoms with Gasteiger partial charge in [0.1, 0.15) is 0 Å². The zero-order chi connectivity index (χ0) is 21.9. The average Bonchev–Trinajstić information content (AvgIpc) is 2.98. The molecule has 0 spiro atoms. The third-order valence-corrected chi connectivity index (χ3v) is 7.02. The third kappa shape index (κ3) is 5.02. The van der Waals surface area contributed by atoms with Gasteiger partial charge in [-0.2, -0.15) is 17.5 Å². The van der Waals surface area contributed by atoms with Gasteiger partial charge >= 0.3 is 6.18 Å². The molecule has 0 aromatic heterocycles. The highest BCUT2D eigenvalue weighted by Gasteiger charge is 2.30. The molecule has 0 unspecified atom stereocenters. The highest BCUT2D eigenvalue weighted by atomic mass is 32.2. The second kappa shape index (κ2) is 8.77. The number of sulfonamides is 1. The first kappa shape index (κ1) is 22.3. The van der Waals surface area contributed by atoms with Crippen molar-refractivity contribution in [1.29, 1.82) is 0 Å². The van der Waals surface area contributed by atoms with E-state index in [1.165, 1.54) is 16.4 Å². The number of hydrogen-bond acceptors (Lipinski definition) is 3. The lowest BCUT2D eigenvalue weighted by Gasteiger charge is -2.20. The molecule has 5 nitrogen and oxygen atoms in total. The van der Waals surface area contributed by atoms with Crippen LogP contribution in [0.2, 0.25) is 0 Å². The SMILES string of the molecule is Cc1ccc(S(=O)(=O)N2CCCCCC2)cc1C(=O)Nc1ccc(C(F)(F)F)cc1. The Kier molecular flexibility index (Phi) is 6.52. The summed E-state index contributed by atoms with van der Waals surface area (Å²) >= 11 is 0. The largest absolute Gasteiger partial charge is 0.416 e. The van der Waals surface area contributed by atoms with Crippen molar-refractivity contribution in [2.45, 2.75) is 43.7 Å². The van der Waals surface area contributed by atoms with Crippen molar-refractivity contribution < 1.29 is 26.4 Å². The monoisotopic (exact) mass is 440 g/mol. The molecular weight excluding hydrogens is 417 g/mol. The molecule has 2 aromatic carbocycles. The van der Waals surface area contributed by atoms with Crippen LogP contribution in [-0.2, 0) is 16.2 Å². The van der Waals surface area contributed by atoms with E-state index in [0.29, 0.717) is 18.7 Å². The number of carbonyl (C=O) groups is 1. The van der Waals surface area contributed by atoms with Gasteiger partial charge in [-0.25, -0.2) is 8.42 Å². The molecule has 1 saturated heterocycles. The van der Waals surface area contributed by atoms with Gasteiger partial charge in [-0.1, -0.05) is 18.9 Å². The van der Waals surface area contributed by atoms with Crippen LogP contribution in [0.15, 0.2) is 47.4 Å². The summed E-state index contributed by atoms with van der Waals surface area (Å²) in [6.45, 7) is 2.57. The molecule has 0 radical (unpaired) electrons. The van der Waals surface area contributed by atoms with E-state index in [0.717, 1.165) is 49.9 Å². The lowest BCUT2D eigenvalue weighted by molar-refractivity contribution is -0.137. The molecule has 0 aliphatic carbocycles. The molecule has 0 saturated carbocycles. The second-order valence-corrected chi connectivity index (χ2v) is 9.26. The van der Waals surface area contributed by atoms with Crippen LogP contribution in [-0.4, -0.2) is 31.7 Å². The minimum absolute atomic E-state index is 0.0348. The molecule has 1 fully saturated rings. The van der Waals surface area contributed by atoms with Crippen molar-refractivity contribution in [3.8, 4) is 0 Å². The Morgan fingerprint density at radius 2 is 1.57 bits per heavy atom. The third-order valence-electron chi connectivity index (χ3n) is 5.13. The number of amides is 1. The van der Waals surface area contributed by atoms with Gasteiger partial charge in [-0.05, 0) is 61.7 Å². The van der Waals surface area contributed by atoms with E-state index in [4.69, 9.17) is 0 Å². The highest BCUT2D eigenvalue weighted by Crippen LogP contribution is 2.30. The molecule has 3 rings (SSSR count). The molecule has 0 atom stereocenters. The number of carbonyl (C=O) groups excluding carboxylic acids is 1. The number of anilines is 1. The quantitative estimate of drug-likeness (QED) is 0.741. The Morgan fingerprint density at radius 3 is 2.13 bits per heavy atom. The number of benzene rings is 2. The van der Waals surface area contributed by atoms with E-state index in [-0.39, 0.29) is 16.1 Å². The molecule has 9 heteroatoms. The van der Waals surface area contributed by atoms with E-state index >= 15 is 0 Å². The normalized spacial score (nSPS) is 16.1. The Hall–Kier alpha value is -2.39. The Morgan fingerprint density at radius 1 is 0.967 bits per heavy atom. The highest BCUT2D eigenvalue weighted by molar-refractivity contribution is 7.89. The number of aryl methyl sites for hydroxylation is 1. The number of halogens is 3. The van der Waals surface area contributed by atoms with Crippen LogP contribution < -0.4 is 5.32 Å². The first-order chi connectivity index (χ1) is 14.1. The van der Waals surface area contributed by atoms with Gasteiger partial charge in [-0.15, -0.1) is 0 Å². The molecule has 162 valence electrons. The van der Waals surface area contributed by atoms with Gasteiger partial charge in [0.2, 0.25) is 10.0 Å². The Labute approximate surface area is 173 Å². The molecule has 1 aliphatic rings. The predicted molar refractivity (Wildman–Crippen MR) is 108 cm³/mol. The lowest BCUT2D eigenvalue weighted by Crippen LogP contribution is -2.32. The number of nitrogens with one attached hydrogen (secondary N) is 1. The molecule has 2 aromatic rings. The fraction of sp³-hybridized carbons (Fsp3) is 0.381. The van der Waals surface area contributed by atoms with Crippen molar-refractivity contribution in [3.05, 3.63) is 59.2 Å². The summed E-state index contributed by atoms with van der Waals surface area (Å²) in [5.74, 6) is -0.583. The maximum absolute atomic E-state index is 13.0. The number of hydrogen-bond donors (Lipinski definition) is 1. The minimum Gasteiger partial charge on any atom is -0.322 e. The first-order valence-corrected chi connectivity index (χ1v) is 11.1. The smallest absolute Gasteiger partial charge is 0.322 e. The zero-order valence-electron chi connectivity index (χ0n) is 16.5. The second-order valence-electron chi connectivity index (χ2n) is 7.32. The van der Waals surface area contributed by atoms with Crippen LogP contribution in [0, 0.1) is 6.92 Å². The lowest BCUT2D eigenvalue weighted by atomic mass is 10.1. The fourth-order valence-electron chi connectivity index (χ4n) is 3.38. The molecule has 0 bridgehead atoms. The molecule has 1 heterocycles. The van der Waals surface area contributed by atoms with E-state index in [1.54, 1.807) is 13.0 Å². The molecule has 1 aliphatic heterocycles. The summed E-state index contributed by atoms with van der Waals surface area (Å²) in [6.07, 6.45) is -0.894. The van der Waals surface area contributed by atoms with Gasteiger partial charge in [-0.3, -0.25) is 4.79 Å². The molecule has 30 heavy (non-hydrogen) atoms. The Balaban J connectivity index is 1.83. The van der Waals surface area contributed by atoms with Crippen LogP contribution in [0.4, 0.5) is 18.9 Å². The van der Waals surface area contributed by atoms with Gasteiger partial charge in [0, 0.05) is 24.3 Å². The number of alkyl halides is 3. The molecular formula is C21H23F3N2O3S. The van der Waals surface area contributed by atoms with Gasteiger partial charge in [0.25, 0.3) is 5.91 Å². The van der Waals surface area contributed by atoms with Crippen LogP contribution in [0.25, 0.3) is 0 Å². The van der Waals surface area contributed by atoms with E-state index in [9.17, 15) is 26.4 Å². The molecule has 1 amide bonds. The summed E-state index contributed by atoms with van der Waals surface area (Å²) in [5, 5.41) is 2.53. The Bertz CT molecular complexity index is 1010.